The first-order valence-corrected chi connectivity index (χ1v) is 7.44. The molecule has 0 radical (unpaired) electrons. The van der Waals surface area contributed by atoms with E-state index in [-0.39, 0.29) is 24.5 Å². The van der Waals surface area contributed by atoms with Gasteiger partial charge in [-0.1, -0.05) is 12.1 Å². The predicted octanol–water partition coefficient (Wildman–Crippen LogP) is 2.38. The first kappa shape index (κ1) is 15.6. The van der Waals surface area contributed by atoms with Gasteiger partial charge in [0, 0.05) is 5.56 Å². The fourth-order valence-electron chi connectivity index (χ4n) is 2.43. The molecule has 0 unspecified atom stereocenters. The fourth-order valence-corrected chi connectivity index (χ4v) is 2.43. The molecule has 0 saturated heterocycles. The highest BCUT2D eigenvalue weighted by Crippen LogP contribution is 2.28. The van der Waals surface area contributed by atoms with Gasteiger partial charge in [-0.15, -0.1) is 0 Å². The van der Waals surface area contributed by atoms with Crippen molar-refractivity contribution in [1.82, 2.24) is 5.32 Å². The number of carbonyl (C=O) groups is 2. The highest BCUT2D eigenvalue weighted by molar-refractivity contribution is 5.99. The summed E-state index contributed by atoms with van der Waals surface area (Å²) < 4.78 is 5.32. The van der Waals surface area contributed by atoms with Crippen molar-refractivity contribution in [2.45, 2.75) is 13.0 Å². The number of anilines is 1. The lowest BCUT2D eigenvalue weighted by Crippen LogP contribution is -2.28. The molecule has 2 N–H and O–H groups in total. The lowest BCUT2D eigenvalue weighted by Gasteiger charge is -2.19. The topological polar surface area (TPSA) is 91.2 Å². The summed E-state index contributed by atoms with van der Waals surface area (Å²) in [6.07, 6.45) is 0. The second-order valence-corrected chi connectivity index (χ2v) is 5.48. The Morgan fingerprint density at radius 2 is 2.04 bits per heavy atom. The summed E-state index contributed by atoms with van der Waals surface area (Å²) in [6.45, 7) is 1.81. The number of amides is 2. The van der Waals surface area contributed by atoms with E-state index in [1.165, 1.54) is 0 Å². The minimum absolute atomic E-state index is 0.0558. The second kappa shape index (κ2) is 6.42. The summed E-state index contributed by atoms with van der Waals surface area (Å²) in [5.74, 6) is 0.0255. The number of fused-ring (bicyclic) bond motifs is 1. The Morgan fingerprint density at radius 3 is 2.75 bits per heavy atom. The molecule has 0 spiro atoms. The molecule has 0 aliphatic carbocycles. The first-order valence-electron chi connectivity index (χ1n) is 7.44. The molecule has 2 aromatic rings. The van der Waals surface area contributed by atoms with Crippen LogP contribution in [0.2, 0.25) is 0 Å². The summed E-state index contributed by atoms with van der Waals surface area (Å²) in [5, 5.41) is 14.4. The van der Waals surface area contributed by atoms with Crippen LogP contribution in [0.3, 0.4) is 0 Å². The van der Waals surface area contributed by atoms with E-state index in [0.717, 1.165) is 5.56 Å². The van der Waals surface area contributed by atoms with Gasteiger partial charge in [-0.25, -0.2) is 0 Å². The van der Waals surface area contributed by atoms with Crippen molar-refractivity contribution in [3.63, 3.8) is 0 Å². The van der Waals surface area contributed by atoms with Crippen molar-refractivity contribution >= 4 is 17.5 Å². The molecule has 24 heavy (non-hydrogen) atoms. The number of nitrogens with zero attached hydrogens (tertiary/aromatic N) is 1. The summed E-state index contributed by atoms with van der Waals surface area (Å²) in [4.78, 5) is 23.7. The van der Waals surface area contributed by atoms with Gasteiger partial charge in [0.25, 0.3) is 11.8 Å². The lowest BCUT2D eigenvalue weighted by atomic mass is 10.1. The van der Waals surface area contributed by atoms with Crippen LogP contribution < -0.4 is 15.4 Å². The zero-order chi connectivity index (χ0) is 17.1. The van der Waals surface area contributed by atoms with Crippen LogP contribution in [-0.4, -0.2) is 18.4 Å². The Morgan fingerprint density at radius 1 is 1.29 bits per heavy atom. The van der Waals surface area contributed by atoms with Crippen LogP contribution in [-0.2, 0) is 4.79 Å². The maximum atomic E-state index is 12.4. The van der Waals surface area contributed by atoms with E-state index in [0.29, 0.717) is 22.6 Å². The Hall–Kier alpha value is -3.33. The zero-order valence-corrected chi connectivity index (χ0v) is 13.0. The lowest BCUT2D eigenvalue weighted by molar-refractivity contribution is -0.118. The molecule has 2 amide bonds. The summed E-state index contributed by atoms with van der Waals surface area (Å²) in [6, 6.07) is 13.8. The molecule has 0 aromatic heterocycles. The van der Waals surface area contributed by atoms with E-state index >= 15 is 0 Å². The van der Waals surface area contributed by atoms with E-state index < -0.39 is 0 Å². The van der Waals surface area contributed by atoms with Crippen LogP contribution in [0, 0.1) is 11.3 Å². The molecule has 0 fully saturated rings. The molecule has 6 heteroatoms. The molecular weight excluding hydrogens is 306 g/mol. The molecule has 2 aromatic carbocycles. The number of nitriles is 1. The van der Waals surface area contributed by atoms with Gasteiger partial charge < -0.3 is 15.4 Å². The Bertz CT molecular complexity index is 838. The van der Waals surface area contributed by atoms with Crippen molar-refractivity contribution in [3.8, 4) is 11.8 Å². The number of ether oxygens (including phenoxy) is 1. The van der Waals surface area contributed by atoms with Crippen molar-refractivity contribution in [1.29, 1.82) is 5.26 Å². The standard InChI is InChI=1S/C18H15N3O3/c1-11(13-4-2-12(9-19)3-5-13)20-18(23)14-6-7-15-16(8-14)24-10-17(22)21-15/h2-8,11H,10H2,1H3,(H,20,23)(H,21,22)/t11-/m0/s1. The average Bonchev–Trinajstić information content (AvgIpc) is 2.61. The molecule has 3 rings (SSSR count). The molecule has 1 aliphatic heterocycles. The highest BCUT2D eigenvalue weighted by atomic mass is 16.5. The first-order chi connectivity index (χ1) is 11.6. The fraction of sp³-hybridized carbons (Fsp3) is 0.167. The monoisotopic (exact) mass is 321 g/mol. The van der Waals surface area contributed by atoms with Gasteiger partial charge in [0.15, 0.2) is 6.61 Å². The molecule has 6 nitrogen and oxygen atoms in total. The number of rotatable bonds is 3. The third-order valence-corrected chi connectivity index (χ3v) is 3.76. The van der Waals surface area contributed by atoms with E-state index in [1.54, 1.807) is 30.3 Å². The molecule has 0 saturated carbocycles. The summed E-state index contributed by atoms with van der Waals surface area (Å²) in [5.41, 5.74) is 2.49. The molecule has 0 bridgehead atoms. The van der Waals surface area contributed by atoms with Gasteiger partial charge in [0.05, 0.1) is 23.4 Å². The third-order valence-electron chi connectivity index (χ3n) is 3.76. The predicted molar refractivity (Wildman–Crippen MR) is 87.6 cm³/mol. The van der Waals surface area contributed by atoms with E-state index in [2.05, 4.69) is 16.7 Å². The Kier molecular flexibility index (Phi) is 4.17. The largest absolute Gasteiger partial charge is 0.482 e. The molecular formula is C18H15N3O3. The number of hydrogen-bond acceptors (Lipinski definition) is 4. The normalized spacial score (nSPS) is 13.8. The number of nitrogens with one attached hydrogen (secondary N) is 2. The third kappa shape index (κ3) is 3.20. The number of hydrogen-bond donors (Lipinski definition) is 2. The zero-order valence-electron chi connectivity index (χ0n) is 13.0. The van der Waals surface area contributed by atoms with Crippen LogP contribution >= 0.6 is 0 Å². The van der Waals surface area contributed by atoms with Gasteiger partial charge >= 0.3 is 0 Å². The molecule has 1 heterocycles. The number of carbonyl (C=O) groups excluding carboxylic acids is 2. The van der Waals surface area contributed by atoms with Gasteiger partial charge in [0.2, 0.25) is 0 Å². The van der Waals surface area contributed by atoms with Crippen LogP contribution in [0.4, 0.5) is 5.69 Å². The second-order valence-electron chi connectivity index (χ2n) is 5.48. The minimum atomic E-state index is -0.241. The Labute approximate surface area is 139 Å². The van der Waals surface area contributed by atoms with E-state index in [9.17, 15) is 9.59 Å². The van der Waals surface area contributed by atoms with E-state index in [4.69, 9.17) is 10.00 Å². The molecule has 1 atom stereocenters. The van der Waals surface area contributed by atoms with E-state index in [1.807, 2.05) is 19.1 Å². The smallest absolute Gasteiger partial charge is 0.262 e. The van der Waals surface area contributed by atoms with Crippen LogP contribution in [0.1, 0.15) is 34.5 Å². The van der Waals surface area contributed by atoms with Crippen molar-refractivity contribution in [3.05, 3.63) is 59.2 Å². The van der Waals surface area contributed by atoms with Crippen LogP contribution in [0.5, 0.6) is 5.75 Å². The molecule has 120 valence electrons. The highest BCUT2D eigenvalue weighted by Gasteiger charge is 2.18. The van der Waals surface area contributed by atoms with Gasteiger partial charge in [-0.3, -0.25) is 9.59 Å². The maximum absolute atomic E-state index is 12.4. The molecule has 1 aliphatic rings. The summed E-state index contributed by atoms with van der Waals surface area (Å²) in [7, 11) is 0. The summed E-state index contributed by atoms with van der Waals surface area (Å²) >= 11 is 0. The van der Waals surface area contributed by atoms with Crippen LogP contribution in [0.25, 0.3) is 0 Å². The number of benzene rings is 2. The SMILES string of the molecule is C[C@H](NC(=O)c1ccc2c(c1)OCC(=O)N2)c1ccc(C#N)cc1. The average molecular weight is 321 g/mol. The van der Waals surface area contributed by atoms with Gasteiger partial charge in [-0.05, 0) is 42.8 Å². The van der Waals surface area contributed by atoms with Crippen molar-refractivity contribution in [2.24, 2.45) is 0 Å². The van der Waals surface area contributed by atoms with Crippen LogP contribution in [0.15, 0.2) is 42.5 Å². The maximum Gasteiger partial charge on any atom is 0.262 e. The van der Waals surface area contributed by atoms with Crippen molar-refractivity contribution < 1.29 is 14.3 Å². The van der Waals surface area contributed by atoms with Gasteiger partial charge in [0.1, 0.15) is 5.75 Å². The Balaban J connectivity index is 1.72. The minimum Gasteiger partial charge on any atom is -0.482 e. The van der Waals surface area contributed by atoms with Gasteiger partial charge in [-0.2, -0.15) is 5.26 Å². The quantitative estimate of drug-likeness (QED) is 0.908. The van der Waals surface area contributed by atoms with Crippen molar-refractivity contribution in [2.75, 3.05) is 11.9 Å².